The highest BCUT2D eigenvalue weighted by atomic mass is 16.6. The molecule has 19 heteroatoms. The minimum absolute atomic E-state index is 0.0679. The molecule has 2 heterocycles. The number of aliphatic hydroxyl groups excluding tert-OH is 1. The topological polar surface area (TPSA) is 235 Å². The number of carbonyl (C=O) groups excluding carboxylic acids is 9. The largest absolute Gasteiger partial charge is 0.450 e. The van der Waals surface area contributed by atoms with E-state index in [0.717, 1.165) is 4.90 Å². The summed E-state index contributed by atoms with van der Waals surface area (Å²) in [5, 5.41) is 21.1. The second kappa shape index (κ2) is 29.2. The molecule has 0 saturated carbocycles. The number of benzene rings is 2. The maximum absolute atomic E-state index is 15.3. The van der Waals surface area contributed by atoms with E-state index >= 15 is 9.59 Å². The van der Waals surface area contributed by atoms with Gasteiger partial charge in [-0.3, -0.25) is 38.4 Å². The monoisotopic (exact) mass is 1100 g/mol. The number of hydrogen-bond donors (Lipinski definition) is 4. The zero-order valence-electron chi connectivity index (χ0n) is 49.7. The Hall–Kier alpha value is -6.37. The molecule has 0 radical (unpaired) electrons. The minimum Gasteiger partial charge on any atom is -0.450 e. The zero-order chi connectivity index (χ0) is 59.3. The maximum atomic E-state index is 15.3. The van der Waals surface area contributed by atoms with Crippen molar-refractivity contribution in [2.75, 3.05) is 34.7 Å². The number of ether oxygens (including phenoxy) is 1. The van der Waals surface area contributed by atoms with E-state index in [1.807, 2.05) is 27.7 Å². The Morgan fingerprint density at radius 3 is 1.52 bits per heavy atom. The highest BCUT2D eigenvalue weighted by Crippen LogP contribution is 2.29. The van der Waals surface area contributed by atoms with E-state index in [4.69, 9.17) is 4.74 Å². The molecule has 2 aliphatic heterocycles. The zero-order valence-corrected chi connectivity index (χ0v) is 49.7. The van der Waals surface area contributed by atoms with Gasteiger partial charge in [0.2, 0.25) is 41.4 Å². The SMILES string of the molecule is CC[C@H](C)[C@@H]1NC(=O)[C@@H]2CCCN2C(=O)[C@H]([C@H](O)c2ccccc2)N(C)C(=O)[C@H](Cc2ccccc2)NC(=O)[C@H](C(C)C)N(C)C(=O)[C@@H]([C@@H](C)CC)OC(=O)[C@H](C(C)C)N(C)C(=O)[C@H](CC(C)C)NC(=O)[C@H](C(C)C)N(C)C1=O. The van der Waals surface area contributed by atoms with Gasteiger partial charge in [-0.05, 0) is 66.4 Å². The van der Waals surface area contributed by atoms with Gasteiger partial charge in [-0.2, -0.15) is 0 Å². The lowest BCUT2D eigenvalue weighted by Gasteiger charge is -2.38. The number of rotatable bonds is 13. The fraction of sp³-hybridized carbons (Fsp3) is 0.650. The fourth-order valence-corrected chi connectivity index (χ4v) is 11.0. The molecule has 2 aliphatic rings. The van der Waals surface area contributed by atoms with E-state index in [-0.39, 0.29) is 31.7 Å². The first-order chi connectivity index (χ1) is 37.1. The van der Waals surface area contributed by atoms with Gasteiger partial charge >= 0.3 is 5.97 Å². The Kier molecular flexibility index (Phi) is 24.1. The van der Waals surface area contributed by atoms with Gasteiger partial charge in [0.05, 0.1) is 0 Å². The molecular weight excluding hydrogens is 1010 g/mol. The molecule has 0 aromatic heterocycles. The summed E-state index contributed by atoms with van der Waals surface area (Å²) in [5.74, 6) is -9.05. The number of aliphatic hydroxyl groups is 1. The molecule has 2 saturated heterocycles. The molecule has 19 nitrogen and oxygen atoms in total. The Bertz CT molecular complexity index is 2420. The fourth-order valence-electron chi connectivity index (χ4n) is 11.0. The van der Waals surface area contributed by atoms with Crippen LogP contribution in [0.4, 0.5) is 0 Å². The minimum atomic E-state index is -1.64. The van der Waals surface area contributed by atoms with Crippen molar-refractivity contribution in [3.8, 4) is 0 Å². The first kappa shape index (κ1) is 65.2. The molecule has 0 aliphatic carbocycles. The van der Waals surface area contributed by atoms with Gasteiger partial charge in [0.15, 0.2) is 6.10 Å². The number of fused-ring (bicyclic) bond motifs is 1. The van der Waals surface area contributed by atoms with Gasteiger partial charge in [0, 0.05) is 47.1 Å². The van der Waals surface area contributed by atoms with Crippen LogP contribution in [-0.2, 0) is 54.3 Å². The average Bonchev–Trinajstić information content (AvgIpc) is 3.92. The quantitative estimate of drug-likeness (QED) is 0.200. The van der Waals surface area contributed by atoms with E-state index in [1.165, 1.54) is 47.8 Å². The Morgan fingerprint density at radius 2 is 1.01 bits per heavy atom. The van der Waals surface area contributed by atoms with Crippen LogP contribution in [0.25, 0.3) is 0 Å². The number of likely N-dealkylation sites (N-methyl/N-ethyl adjacent to an activating group) is 4. The van der Waals surface area contributed by atoms with Gasteiger partial charge in [-0.15, -0.1) is 0 Å². The predicted molar refractivity (Wildman–Crippen MR) is 301 cm³/mol. The van der Waals surface area contributed by atoms with Gasteiger partial charge in [0.1, 0.15) is 54.4 Å². The van der Waals surface area contributed by atoms with Crippen molar-refractivity contribution < 1.29 is 53.0 Å². The van der Waals surface area contributed by atoms with Crippen molar-refractivity contribution in [2.24, 2.45) is 35.5 Å². The van der Waals surface area contributed by atoms with Crippen LogP contribution < -0.4 is 16.0 Å². The molecule has 4 rings (SSSR count). The second-order valence-corrected chi connectivity index (χ2v) is 23.4. The van der Waals surface area contributed by atoms with Gasteiger partial charge < -0.3 is 50.3 Å². The summed E-state index contributed by atoms with van der Waals surface area (Å²) in [6.07, 6.45) is -1.58. The molecule has 438 valence electrons. The number of esters is 1. The Labute approximate surface area is 469 Å². The third-order valence-electron chi connectivity index (χ3n) is 15.9. The predicted octanol–water partition coefficient (Wildman–Crippen LogP) is 4.75. The smallest absolute Gasteiger partial charge is 0.329 e. The van der Waals surface area contributed by atoms with Gasteiger partial charge in [0.25, 0.3) is 5.91 Å². The van der Waals surface area contributed by atoms with Crippen molar-refractivity contribution in [2.45, 2.75) is 182 Å². The molecule has 79 heavy (non-hydrogen) atoms. The maximum Gasteiger partial charge on any atom is 0.329 e. The van der Waals surface area contributed by atoms with Gasteiger partial charge in [-0.25, -0.2) is 4.79 Å². The van der Waals surface area contributed by atoms with Crippen LogP contribution in [-0.4, -0.2) is 172 Å². The number of hydrogen-bond acceptors (Lipinski definition) is 11. The van der Waals surface area contributed by atoms with E-state index in [2.05, 4.69) is 16.0 Å². The van der Waals surface area contributed by atoms with Crippen LogP contribution in [0.2, 0.25) is 0 Å². The molecule has 0 bridgehead atoms. The molecule has 8 amide bonds. The number of cyclic esters (lactones) is 1. The second-order valence-electron chi connectivity index (χ2n) is 23.4. The highest BCUT2D eigenvalue weighted by Gasteiger charge is 2.47. The molecule has 2 aromatic carbocycles. The van der Waals surface area contributed by atoms with Crippen LogP contribution in [0, 0.1) is 35.5 Å². The first-order valence-electron chi connectivity index (χ1n) is 28.4. The summed E-state index contributed by atoms with van der Waals surface area (Å²) in [4.78, 5) is 140. The van der Waals surface area contributed by atoms with Crippen LogP contribution >= 0.6 is 0 Å². The van der Waals surface area contributed by atoms with Crippen molar-refractivity contribution in [1.82, 2.24) is 40.4 Å². The van der Waals surface area contributed by atoms with Crippen LogP contribution in [0.5, 0.6) is 0 Å². The molecule has 0 unspecified atom stereocenters. The van der Waals surface area contributed by atoms with Crippen molar-refractivity contribution in [1.29, 1.82) is 0 Å². The molecule has 12 atom stereocenters. The van der Waals surface area contributed by atoms with E-state index in [1.54, 1.807) is 116 Å². The lowest BCUT2D eigenvalue weighted by Crippen LogP contribution is -2.62. The number of carbonyl (C=O) groups is 9. The summed E-state index contributed by atoms with van der Waals surface area (Å²) < 4.78 is 6.17. The van der Waals surface area contributed by atoms with Crippen LogP contribution in [0.1, 0.15) is 132 Å². The average molecular weight is 1100 g/mol. The third-order valence-corrected chi connectivity index (χ3v) is 15.9. The summed E-state index contributed by atoms with van der Waals surface area (Å²) in [7, 11) is 5.70. The summed E-state index contributed by atoms with van der Waals surface area (Å²) in [6.45, 7) is 21.5. The summed E-state index contributed by atoms with van der Waals surface area (Å²) in [5.41, 5.74) is 0.952. The summed E-state index contributed by atoms with van der Waals surface area (Å²) in [6, 6.07) is 7.11. The molecule has 2 fully saturated rings. The van der Waals surface area contributed by atoms with Crippen LogP contribution in [0.15, 0.2) is 60.7 Å². The van der Waals surface area contributed by atoms with Gasteiger partial charge in [-0.1, -0.05) is 150 Å². The standard InChI is InChI=1S/C60H92N8O11/c1-17-38(11)45-57(75)64(13)46(35(5)6)53(71)61-42(32-34(3)4)55(73)66(15)48(37(9)10)60(78)79-51(39(12)18-2)59(77)65(14)47(36(7)8)54(72)62-43(33-40-26-21-19-22-27-40)56(74)67(16)49(50(69)41-28-23-20-24-29-41)58(76)68-31-25-30-44(68)52(70)63-45/h19-24,26-29,34-39,42-51,69H,17-18,25,30-33H2,1-16H3,(H,61,71)(H,62,72)(H,63,70)/t38-,39-,42-,43-,44-,45-,46-,47-,48-,49-,50+,51+/m0/s1. The normalized spacial score (nSPS) is 26.8. The van der Waals surface area contributed by atoms with E-state index < -0.39 is 143 Å². The van der Waals surface area contributed by atoms with Crippen molar-refractivity contribution in [3.05, 3.63) is 71.8 Å². The Morgan fingerprint density at radius 1 is 0.544 bits per heavy atom. The molecule has 2 aromatic rings. The van der Waals surface area contributed by atoms with Crippen molar-refractivity contribution in [3.63, 3.8) is 0 Å². The molecule has 4 N–H and O–H groups in total. The van der Waals surface area contributed by atoms with Crippen LogP contribution in [0.3, 0.4) is 0 Å². The molecule has 0 spiro atoms. The van der Waals surface area contributed by atoms with E-state index in [9.17, 15) is 38.7 Å². The first-order valence-corrected chi connectivity index (χ1v) is 28.4. The summed E-state index contributed by atoms with van der Waals surface area (Å²) >= 11 is 0. The number of nitrogens with zero attached hydrogens (tertiary/aromatic N) is 5. The third kappa shape index (κ3) is 15.9. The Balaban J connectivity index is 1.98. The number of amides is 8. The number of nitrogens with one attached hydrogen (secondary N) is 3. The highest BCUT2D eigenvalue weighted by molar-refractivity contribution is 5.99. The lowest BCUT2D eigenvalue weighted by molar-refractivity contribution is -0.172. The van der Waals surface area contributed by atoms with Crippen molar-refractivity contribution >= 4 is 53.2 Å². The lowest BCUT2D eigenvalue weighted by atomic mass is 9.94. The van der Waals surface area contributed by atoms with E-state index in [0.29, 0.717) is 30.4 Å². The molecular formula is C60H92N8O11.